The zero-order chi connectivity index (χ0) is 26.7. The Balaban J connectivity index is 0.00000101. The predicted octanol–water partition coefficient (Wildman–Crippen LogP) is 9.22. The average Bonchev–Trinajstić information content (AvgIpc) is 2.86. The van der Waals surface area contributed by atoms with Crippen molar-refractivity contribution in [2.75, 3.05) is 26.7 Å². The zero-order valence-corrected chi connectivity index (χ0v) is 25.4. The van der Waals surface area contributed by atoms with E-state index in [2.05, 4.69) is 27.8 Å². The summed E-state index contributed by atoms with van der Waals surface area (Å²) in [6.45, 7) is 11.2. The van der Waals surface area contributed by atoms with Gasteiger partial charge in [0.1, 0.15) is 0 Å². The molecular formula is C33H67NO2. The number of hydrogen-bond acceptors (Lipinski definition) is 2. The summed E-state index contributed by atoms with van der Waals surface area (Å²) in [5.74, 6) is -0.467. The highest BCUT2D eigenvalue weighted by molar-refractivity contribution is 5.64. The largest absolute Gasteiger partial charge is 0.550 e. The Labute approximate surface area is 227 Å². The number of unbranched alkanes of at least 4 members (excludes halogenated alkanes) is 15. The topological polar surface area (TPSA) is 40.1 Å². The first-order valence-corrected chi connectivity index (χ1v) is 16.5. The van der Waals surface area contributed by atoms with Crippen LogP contribution in [0.3, 0.4) is 0 Å². The molecule has 216 valence electrons. The number of hydrogen-bond donors (Lipinski definition) is 0. The van der Waals surface area contributed by atoms with E-state index in [1.54, 1.807) is 0 Å². The normalized spacial score (nSPS) is 14.4. The van der Waals surface area contributed by atoms with Crippen molar-refractivity contribution in [3.63, 3.8) is 0 Å². The smallest absolute Gasteiger partial charge is 0.0784 e. The van der Waals surface area contributed by atoms with Crippen LogP contribution in [0.25, 0.3) is 0 Å². The molecule has 36 heavy (non-hydrogen) atoms. The Morgan fingerprint density at radius 2 is 0.917 bits per heavy atom. The number of nitrogens with zero attached hydrogens (tertiary/aromatic N) is 1. The van der Waals surface area contributed by atoms with E-state index in [4.69, 9.17) is 0 Å². The summed E-state index contributed by atoms with van der Waals surface area (Å²) in [6.07, 6.45) is 32.0. The Morgan fingerprint density at radius 1 is 0.583 bits per heavy atom. The fraction of sp³-hybridized carbons (Fsp3) is 0.970. The van der Waals surface area contributed by atoms with E-state index in [1.807, 2.05) is 0 Å². The van der Waals surface area contributed by atoms with Crippen molar-refractivity contribution in [2.45, 2.75) is 175 Å². The van der Waals surface area contributed by atoms with E-state index in [9.17, 15) is 9.90 Å². The van der Waals surface area contributed by atoms with Crippen molar-refractivity contribution in [1.82, 2.24) is 0 Å². The summed E-state index contributed by atoms with van der Waals surface area (Å²) in [7, 11) is 2.56. The fourth-order valence-corrected chi connectivity index (χ4v) is 5.78. The minimum Gasteiger partial charge on any atom is -0.550 e. The highest BCUT2D eigenvalue weighted by atomic mass is 16.4. The maximum absolute atomic E-state index is 10.2. The van der Waals surface area contributed by atoms with Crippen molar-refractivity contribution >= 4 is 5.97 Å². The average molecular weight is 510 g/mol. The van der Waals surface area contributed by atoms with Crippen LogP contribution in [0.5, 0.6) is 0 Å². The number of carboxylic acid groups (broad SMARTS) is 1. The third-order valence-corrected chi connectivity index (χ3v) is 8.33. The van der Waals surface area contributed by atoms with E-state index >= 15 is 0 Å². The van der Waals surface area contributed by atoms with Crippen molar-refractivity contribution < 1.29 is 14.4 Å². The molecule has 0 aromatic carbocycles. The van der Waals surface area contributed by atoms with Gasteiger partial charge in [-0.05, 0) is 50.9 Å². The molecule has 0 aromatic heterocycles. The van der Waals surface area contributed by atoms with Crippen molar-refractivity contribution in [3.8, 4) is 0 Å². The van der Waals surface area contributed by atoms with Gasteiger partial charge in [0.2, 0.25) is 0 Å². The van der Waals surface area contributed by atoms with Gasteiger partial charge in [0.25, 0.3) is 0 Å². The molecule has 0 N–H and O–H groups in total. The molecule has 1 aliphatic carbocycles. The highest BCUT2D eigenvalue weighted by Gasteiger charge is 2.20. The van der Waals surface area contributed by atoms with Crippen molar-refractivity contribution in [3.05, 3.63) is 0 Å². The maximum Gasteiger partial charge on any atom is 0.0784 e. The minimum atomic E-state index is -0.882. The van der Waals surface area contributed by atoms with Gasteiger partial charge in [-0.2, -0.15) is 0 Å². The van der Waals surface area contributed by atoms with E-state index in [-0.39, 0.29) is 6.42 Å². The summed E-state index contributed by atoms with van der Waals surface area (Å²) in [5.41, 5.74) is 0. The van der Waals surface area contributed by atoms with Gasteiger partial charge in [0, 0.05) is 5.97 Å². The summed E-state index contributed by atoms with van der Waals surface area (Å²) < 4.78 is 1.36. The number of carboxylic acids is 1. The van der Waals surface area contributed by atoms with Crippen LogP contribution in [0.2, 0.25) is 0 Å². The lowest BCUT2D eigenvalue weighted by Gasteiger charge is -2.35. The molecule has 0 amide bonds. The molecule has 0 radical (unpaired) electrons. The lowest BCUT2D eigenvalue weighted by molar-refractivity contribution is -0.910. The monoisotopic (exact) mass is 510 g/mol. The number of carbonyl (C=O) groups excluding carboxylic acids is 1. The first-order valence-electron chi connectivity index (χ1n) is 16.5. The van der Waals surface area contributed by atoms with Gasteiger partial charge >= 0.3 is 0 Å². The Hall–Kier alpha value is -0.570. The Bertz CT molecular complexity index is 418. The molecule has 0 aliphatic heterocycles. The lowest BCUT2D eigenvalue weighted by atomic mass is 9.87. The molecule has 1 rings (SSSR count). The van der Waals surface area contributed by atoms with E-state index in [0.717, 1.165) is 12.8 Å². The van der Waals surface area contributed by atoms with Gasteiger partial charge in [-0.3, -0.25) is 0 Å². The molecule has 0 bridgehead atoms. The van der Waals surface area contributed by atoms with Crippen LogP contribution >= 0.6 is 0 Å². The number of rotatable bonds is 23. The molecule has 3 heteroatoms. The Morgan fingerprint density at radius 3 is 1.25 bits per heavy atom. The van der Waals surface area contributed by atoms with Gasteiger partial charge in [-0.15, -0.1) is 0 Å². The third-order valence-electron chi connectivity index (χ3n) is 8.33. The van der Waals surface area contributed by atoms with Gasteiger partial charge in [0.05, 0.1) is 26.7 Å². The molecule has 0 spiro atoms. The summed E-state index contributed by atoms with van der Waals surface area (Å²) in [6, 6.07) is 0. The molecule has 1 aliphatic rings. The lowest BCUT2D eigenvalue weighted by Crippen LogP contribution is -2.46. The van der Waals surface area contributed by atoms with Gasteiger partial charge < -0.3 is 14.4 Å². The molecule has 0 atom stereocenters. The number of quaternary nitrogens is 1. The second-order valence-corrected chi connectivity index (χ2v) is 12.2. The van der Waals surface area contributed by atoms with Crippen LogP contribution in [-0.4, -0.2) is 37.1 Å². The Kier molecular flexibility index (Phi) is 25.6. The van der Waals surface area contributed by atoms with Crippen LogP contribution in [0.15, 0.2) is 0 Å². The second kappa shape index (κ2) is 26.1. The first kappa shape index (κ1) is 35.4. The quantitative estimate of drug-likeness (QED) is 0.102. The summed E-state index contributed by atoms with van der Waals surface area (Å²) in [4.78, 5) is 10.2. The molecule has 1 fully saturated rings. The van der Waals surface area contributed by atoms with E-state index in [0.29, 0.717) is 5.92 Å². The van der Waals surface area contributed by atoms with E-state index in [1.165, 1.54) is 159 Å². The first-order chi connectivity index (χ1) is 17.5. The van der Waals surface area contributed by atoms with Crippen LogP contribution in [0.4, 0.5) is 0 Å². The van der Waals surface area contributed by atoms with E-state index < -0.39 is 5.97 Å². The SMILES string of the molecule is CCCCCCCC[N+](C)(CCCCCCCC)CCCCCCCC.O=C([O-])CC1CCCCC1. The van der Waals surface area contributed by atoms with Crippen LogP contribution in [0, 0.1) is 5.92 Å². The van der Waals surface area contributed by atoms with Gasteiger partial charge in [-0.25, -0.2) is 0 Å². The summed E-state index contributed by atoms with van der Waals surface area (Å²) >= 11 is 0. The van der Waals surface area contributed by atoms with Crippen molar-refractivity contribution in [1.29, 1.82) is 0 Å². The minimum absolute atomic E-state index is 0.278. The highest BCUT2D eigenvalue weighted by Crippen LogP contribution is 2.25. The zero-order valence-electron chi connectivity index (χ0n) is 25.4. The van der Waals surface area contributed by atoms with Crippen molar-refractivity contribution in [2.24, 2.45) is 5.92 Å². The molecule has 3 nitrogen and oxygen atoms in total. The summed E-state index contributed by atoms with van der Waals surface area (Å²) in [5, 5.41) is 10.2. The van der Waals surface area contributed by atoms with Crippen LogP contribution in [-0.2, 0) is 4.79 Å². The predicted molar refractivity (Wildman–Crippen MR) is 157 cm³/mol. The third kappa shape index (κ3) is 23.8. The molecule has 0 aromatic rings. The maximum atomic E-state index is 10.2. The molecule has 0 heterocycles. The van der Waals surface area contributed by atoms with Gasteiger partial charge in [0.15, 0.2) is 0 Å². The van der Waals surface area contributed by atoms with Crippen LogP contribution < -0.4 is 5.11 Å². The fourth-order valence-electron chi connectivity index (χ4n) is 5.78. The molecule has 1 saturated carbocycles. The van der Waals surface area contributed by atoms with Crippen LogP contribution in [0.1, 0.15) is 175 Å². The number of carbonyl (C=O) groups is 1. The second-order valence-electron chi connectivity index (χ2n) is 12.2. The number of aliphatic carboxylic acids is 1. The molecule has 0 unspecified atom stereocenters. The molecular weight excluding hydrogens is 442 g/mol. The standard InChI is InChI=1S/C25H54N.C8H14O2/c1-5-8-11-14-17-20-23-26(4,24-21-18-15-12-9-6-2)25-22-19-16-13-10-7-3;9-8(10)6-7-4-2-1-3-5-7/h5-25H2,1-4H3;7H,1-6H2,(H,9,10)/q+1;/p-1. The van der Waals surface area contributed by atoms with Gasteiger partial charge in [-0.1, -0.05) is 130 Å². The molecule has 0 saturated heterocycles.